The van der Waals surface area contributed by atoms with Gasteiger partial charge in [-0.2, -0.15) is 0 Å². The summed E-state index contributed by atoms with van der Waals surface area (Å²) >= 11 is 0. The Bertz CT molecular complexity index is 1520. The van der Waals surface area contributed by atoms with Gasteiger partial charge >= 0.3 is 5.97 Å². The first kappa shape index (κ1) is 29.8. The fourth-order valence-electron chi connectivity index (χ4n) is 6.95. The maximum Gasteiger partial charge on any atom is 0.313 e. The van der Waals surface area contributed by atoms with Gasteiger partial charge in [-0.1, -0.05) is 66.8 Å². The van der Waals surface area contributed by atoms with Gasteiger partial charge in [-0.05, 0) is 43.0 Å². The zero-order chi connectivity index (χ0) is 31.0. The highest BCUT2D eigenvalue weighted by Gasteiger charge is 2.73. The van der Waals surface area contributed by atoms with E-state index < -0.39 is 47.6 Å². The van der Waals surface area contributed by atoms with Crippen molar-refractivity contribution in [3.63, 3.8) is 0 Å². The number of aryl methyl sites for hydroxylation is 2. The summed E-state index contributed by atoms with van der Waals surface area (Å²) < 4.78 is 12.5. The number of carbonyl (C=O) groups excluding carboxylic acids is 4. The zero-order valence-electron chi connectivity index (χ0n) is 24.8. The number of hydrogen-bond acceptors (Lipinski definition) is 7. The Morgan fingerprint density at radius 1 is 1.02 bits per heavy atom. The summed E-state index contributed by atoms with van der Waals surface area (Å²) in [5, 5.41) is 12.9. The van der Waals surface area contributed by atoms with E-state index >= 15 is 0 Å². The maximum absolute atomic E-state index is 14.7. The third-order valence-corrected chi connectivity index (χ3v) is 9.05. The smallest absolute Gasteiger partial charge is 0.313 e. The molecule has 0 aromatic heterocycles. The number of aliphatic hydroxyl groups is 1. The van der Waals surface area contributed by atoms with Crippen LogP contribution in [0.2, 0.25) is 0 Å². The van der Waals surface area contributed by atoms with E-state index in [1.165, 1.54) is 4.90 Å². The minimum Gasteiger partial charge on any atom is -0.455 e. The Morgan fingerprint density at radius 2 is 1.82 bits per heavy atom. The van der Waals surface area contributed by atoms with Crippen molar-refractivity contribution in [2.45, 2.75) is 50.5 Å². The van der Waals surface area contributed by atoms with Gasteiger partial charge in [0.2, 0.25) is 11.8 Å². The number of hydrogen-bond donors (Lipinski definition) is 2. The minimum atomic E-state index is -1.40. The van der Waals surface area contributed by atoms with Crippen LogP contribution >= 0.6 is 0 Å². The van der Waals surface area contributed by atoms with Gasteiger partial charge in [-0.15, -0.1) is 0 Å². The lowest BCUT2D eigenvalue weighted by atomic mass is 9.74. The average molecular weight is 600 g/mol. The number of β-amino-alcohol motifs (C(OH)–C–C–N with tert-alkyl or cyclic N) is 1. The van der Waals surface area contributed by atoms with Crippen molar-refractivity contribution < 1.29 is 33.8 Å². The first-order chi connectivity index (χ1) is 21.2. The number of ether oxygens (including phenoxy) is 2. The molecule has 0 radical (unpaired) electrons. The summed E-state index contributed by atoms with van der Waals surface area (Å²) in [6.07, 6.45) is 6.28. The molecule has 4 aliphatic rings. The van der Waals surface area contributed by atoms with E-state index in [1.807, 2.05) is 74.5 Å². The lowest BCUT2D eigenvalue weighted by Gasteiger charge is -2.36. The molecule has 0 saturated carbocycles. The lowest BCUT2D eigenvalue weighted by Crippen LogP contribution is -2.56. The molecule has 2 N–H and O–H groups in total. The van der Waals surface area contributed by atoms with E-state index in [0.717, 1.165) is 11.1 Å². The Morgan fingerprint density at radius 3 is 2.59 bits per heavy atom. The topological polar surface area (TPSA) is 125 Å². The van der Waals surface area contributed by atoms with Gasteiger partial charge in [-0.3, -0.25) is 19.2 Å². The van der Waals surface area contributed by atoms with Crippen molar-refractivity contribution >= 4 is 29.4 Å². The average Bonchev–Trinajstić information content (AvgIpc) is 3.66. The number of cyclic esters (lactones) is 1. The van der Waals surface area contributed by atoms with Crippen LogP contribution in [0, 0.1) is 25.7 Å². The van der Waals surface area contributed by atoms with Crippen LogP contribution in [-0.4, -0.2) is 77.7 Å². The molecule has 10 nitrogen and oxygen atoms in total. The van der Waals surface area contributed by atoms with Gasteiger partial charge in [0.1, 0.15) is 23.7 Å². The second kappa shape index (κ2) is 12.0. The third kappa shape index (κ3) is 5.11. The summed E-state index contributed by atoms with van der Waals surface area (Å²) in [6.45, 7) is 3.66. The predicted octanol–water partition coefficient (Wildman–Crippen LogP) is 2.53. The second-order valence-electron chi connectivity index (χ2n) is 11.8. The van der Waals surface area contributed by atoms with Crippen molar-refractivity contribution in [3.05, 3.63) is 89.5 Å². The normalized spacial score (nSPS) is 31.2. The van der Waals surface area contributed by atoms with E-state index in [9.17, 15) is 24.3 Å². The lowest BCUT2D eigenvalue weighted by molar-refractivity contribution is -0.159. The molecule has 2 aromatic rings. The van der Waals surface area contributed by atoms with Crippen LogP contribution < -0.4 is 10.2 Å². The number of benzene rings is 2. The number of fused-ring (bicyclic) bond motifs is 2. The highest BCUT2D eigenvalue weighted by atomic mass is 16.6. The Hall–Kier alpha value is -4.28. The van der Waals surface area contributed by atoms with Gasteiger partial charge in [0, 0.05) is 25.2 Å². The number of likely N-dealkylation sites (tertiary alicyclic amines) is 1. The molecule has 4 aliphatic heterocycles. The van der Waals surface area contributed by atoms with Crippen LogP contribution in [-0.2, 0) is 28.7 Å². The second-order valence-corrected chi connectivity index (χ2v) is 11.8. The van der Waals surface area contributed by atoms with Crippen LogP contribution in [0.25, 0.3) is 0 Å². The molecular formula is C34H37N3O7. The van der Waals surface area contributed by atoms with Crippen LogP contribution in [0.4, 0.5) is 5.69 Å². The fraction of sp³-hybridized carbons (Fsp3) is 0.412. The number of amides is 3. The monoisotopic (exact) mass is 599 g/mol. The molecule has 2 aromatic carbocycles. The van der Waals surface area contributed by atoms with Crippen molar-refractivity contribution in [1.82, 2.24) is 10.2 Å². The van der Waals surface area contributed by atoms with E-state index in [-0.39, 0.29) is 44.5 Å². The maximum atomic E-state index is 14.7. The first-order valence-electron chi connectivity index (χ1n) is 15.1. The number of nitrogens with one attached hydrogen (secondary N) is 1. The molecule has 5 bridgehead atoms. The van der Waals surface area contributed by atoms with Crippen LogP contribution in [0.1, 0.15) is 35.6 Å². The fourth-order valence-corrected chi connectivity index (χ4v) is 6.95. The third-order valence-electron chi connectivity index (χ3n) is 9.05. The van der Waals surface area contributed by atoms with Crippen molar-refractivity contribution in [2.75, 3.05) is 31.1 Å². The van der Waals surface area contributed by atoms with Gasteiger partial charge in [-0.25, -0.2) is 0 Å². The molecule has 6 atom stereocenters. The number of esters is 1. The first-order valence-corrected chi connectivity index (χ1v) is 15.1. The van der Waals surface area contributed by atoms with E-state index in [1.54, 1.807) is 17.1 Å². The molecule has 230 valence electrons. The molecule has 4 heterocycles. The van der Waals surface area contributed by atoms with Crippen LogP contribution in [0.3, 0.4) is 0 Å². The van der Waals surface area contributed by atoms with Gasteiger partial charge in [0.25, 0.3) is 5.91 Å². The summed E-state index contributed by atoms with van der Waals surface area (Å²) in [6, 6.07) is 13.8. The van der Waals surface area contributed by atoms with Crippen molar-refractivity contribution in [3.8, 4) is 0 Å². The predicted molar refractivity (Wildman–Crippen MR) is 161 cm³/mol. The van der Waals surface area contributed by atoms with E-state index in [4.69, 9.17) is 9.47 Å². The Labute approximate surface area is 256 Å². The molecule has 0 unspecified atom stereocenters. The zero-order valence-corrected chi connectivity index (χ0v) is 24.8. The van der Waals surface area contributed by atoms with Crippen LogP contribution in [0.5, 0.6) is 0 Å². The minimum absolute atomic E-state index is 0.0638. The Balaban J connectivity index is 1.44. The van der Waals surface area contributed by atoms with Gasteiger partial charge < -0.3 is 29.7 Å². The van der Waals surface area contributed by atoms with Crippen molar-refractivity contribution in [1.29, 1.82) is 0 Å². The van der Waals surface area contributed by atoms with Gasteiger partial charge in [0.15, 0.2) is 0 Å². The number of nitrogens with zero attached hydrogens (tertiary/aromatic N) is 2. The van der Waals surface area contributed by atoms with Crippen LogP contribution in [0.15, 0.2) is 72.8 Å². The van der Waals surface area contributed by atoms with E-state index in [2.05, 4.69) is 5.32 Å². The van der Waals surface area contributed by atoms with Crippen molar-refractivity contribution in [2.24, 2.45) is 11.8 Å². The molecule has 2 fully saturated rings. The summed E-state index contributed by atoms with van der Waals surface area (Å²) in [4.78, 5) is 58.5. The quantitative estimate of drug-likeness (QED) is 0.409. The number of allylic oxidation sites excluding steroid dienone is 1. The standard InChI is InChI=1S/C34H37N3O7/c1-21-12-13-22(2)24(19-21)36-16-8-4-7-11-27(39)35-20-26(23-9-5-3-6-10-23)43-33(42)28-25-14-15-34(44-25)29(28)31(40)37(17-18-38)30(34)32(36)41/h3-6,8-10,12-15,19,25-26,28-30,38H,7,11,16-18,20H2,1-2H3,(H,35,39)/b8-4-/t25-,26-,28+,29+,30-,34+/m1/s1. The molecule has 6 rings (SSSR count). The molecular weight excluding hydrogens is 562 g/mol. The molecule has 0 aliphatic carbocycles. The molecule has 10 heteroatoms. The number of carbonyl (C=O) groups is 4. The molecule has 2 saturated heterocycles. The highest BCUT2D eigenvalue weighted by molar-refractivity contribution is 6.05. The molecule has 44 heavy (non-hydrogen) atoms. The number of rotatable bonds is 4. The largest absolute Gasteiger partial charge is 0.455 e. The number of anilines is 1. The SMILES string of the molecule is Cc1ccc(C)c(N2C/C=C\CCC(=O)NC[C@H](c3ccccc3)OC(=O)[C@@H]3[C@H]4C(=O)N(CCO)[C@H](C2=O)[C@]42C=C[C@H]3O2)c1. The molecule has 1 spiro atoms. The number of aliphatic hydroxyl groups excluding tert-OH is 1. The highest BCUT2D eigenvalue weighted by Crippen LogP contribution is 2.56. The summed E-state index contributed by atoms with van der Waals surface area (Å²) in [5.41, 5.74) is 1.81. The summed E-state index contributed by atoms with van der Waals surface area (Å²) in [5.74, 6) is -3.67. The summed E-state index contributed by atoms with van der Waals surface area (Å²) in [7, 11) is 0. The Kier molecular flexibility index (Phi) is 8.13. The van der Waals surface area contributed by atoms with E-state index in [0.29, 0.717) is 17.7 Å². The molecule has 3 amide bonds. The van der Waals surface area contributed by atoms with Gasteiger partial charge in [0.05, 0.1) is 25.2 Å².